The molecular formula is C34H34ClN7O4S. The van der Waals surface area contributed by atoms with Crippen LogP contribution in [0.2, 0.25) is 5.02 Å². The Hall–Kier alpha value is -4.83. The molecule has 2 aromatic carbocycles. The predicted molar refractivity (Wildman–Crippen MR) is 182 cm³/mol. The number of rotatable bonds is 9. The van der Waals surface area contributed by atoms with Gasteiger partial charge in [-0.15, -0.1) is 21.5 Å². The molecule has 0 spiro atoms. The number of benzene rings is 2. The van der Waals surface area contributed by atoms with Crippen LogP contribution in [0.15, 0.2) is 47.5 Å². The smallest absolute Gasteiger partial charge is 0.339 e. The SMILES string of the molecule is COC(=O)c1cc(NC(=O)CCNC(=O)C[C@@H]2N=C(c3ccc(Cl)cc3)c3c(sc(C)c3C)-n3c(C)nnc32)ccc1C#CCCN. The highest BCUT2D eigenvalue weighted by Gasteiger charge is 2.32. The number of nitrogens with two attached hydrogens (primary N) is 1. The van der Waals surface area contributed by atoms with Gasteiger partial charge in [-0.05, 0) is 56.7 Å². The molecular weight excluding hydrogens is 638 g/mol. The average Bonchev–Trinajstić information content (AvgIpc) is 3.53. The molecule has 1 aliphatic rings. The highest BCUT2D eigenvalue weighted by Crippen LogP contribution is 2.39. The van der Waals surface area contributed by atoms with E-state index >= 15 is 0 Å². The Balaban J connectivity index is 1.29. The zero-order valence-corrected chi connectivity index (χ0v) is 28.0. The van der Waals surface area contributed by atoms with Crippen molar-refractivity contribution in [2.24, 2.45) is 10.7 Å². The average molecular weight is 672 g/mol. The number of hydrogen-bond acceptors (Lipinski definition) is 9. The molecule has 5 rings (SSSR count). The van der Waals surface area contributed by atoms with Crippen LogP contribution in [0.5, 0.6) is 0 Å². The zero-order valence-electron chi connectivity index (χ0n) is 26.4. The maximum atomic E-state index is 13.2. The van der Waals surface area contributed by atoms with E-state index in [4.69, 9.17) is 27.1 Å². The molecule has 0 bridgehead atoms. The number of hydrogen-bond donors (Lipinski definition) is 3. The topological polar surface area (TPSA) is 154 Å². The third-order valence-corrected chi connectivity index (χ3v) is 9.06. The Kier molecular flexibility index (Phi) is 10.5. The summed E-state index contributed by atoms with van der Waals surface area (Å²) in [6.45, 7) is 6.51. The second-order valence-corrected chi connectivity index (χ2v) is 12.5. The van der Waals surface area contributed by atoms with Gasteiger partial charge in [0, 0.05) is 58.2 Å². The van der Waals surface area contributed by atoms with Crippen LogP contribution in [0.4, 0.5) is 5.69 Å². The largest absolute Gasteiger partial charge is 0.465 e. The summed E-state index contributed by atoms with van der Waals surface area (Å²) in [7, 11) is 1.28. The van der Waals surface area contributed by atoms with Crippen LogP contribution in [0.1, 0.15) is 74.4 Å². The van der Waals surface area contributed by atoms with Crippen molar-refractivity contribution in [1.29, 1.82) is 0 Å². The summed E-state index contributed by atoms with van der Waals surface area (Å²) in [6.07, 6.45) is 0.487. The fourth-order valence-corrected chi connectivity index (χ4v) is 6.50. The lowest BCUT2D eigenvalue weighted by Gasteiger charge is -2.13. The van der Waals surface area contributed by atoms with Gasteiger partial charge in [0.2, 0.25) is 11.8 Å². The molecule has 0 unspecified atom stereocenters. The second kappa shape index (κ2) is 14.7. The molecule has 0 aliphatic carbocycles. The van der Waals surface area contributed by atoms with E-state index in [1.54, 1.807) is 23.5 Å². The summed E-state index contributed by atoms with van der Waals surface area (Å²) in [6, 6.07) is 11.7. The van der Waals surface area contributed by atoms with E-state index < -0.39 is 12.0 Å². The zero-order chi connectivity index (χ0) is 33.7. The molecule has 1 aliphatic heterocycles. The van der Waals surface area contributed by atoms with Crippen LogP contribution in [-0.2, 0) is 14.3 Å². The van der Waals surface area contributed by atoms with E-state index in [0.29, 0.717) is 40.9 Å². The number of aryl methyl sites for hydroxylation is 2. The van der Waals surface area contributed by atoms with E-state index in [1.807, 2.05) is 35.8 Å². The molecule has 1 atom stereocenters. The molecule has 0 saturated carbocycles. The first-order valence-electron chi connectivity index (χ1n) is 15.0. The first kappa shape index (κ1) is 33.5. The lowest BCUT2D eigenvalue weighted by Crippen LogP contribution is -2.29. The summed E-state index contributed by atoms with van der Waals surface area (Å²) in [4.78, 5) is 44.6. The number of esters is 1. The van der Waals surface area contributed by atoms with E-state index in [9.17, 15) is 14.4 Å². The highest BCUT2D eigenvalue weighted by molar-refractivity contribution is 7.15. The van der Waals surface area contributed by atoms with Crippen LogP contribution in [0, 0.1) is 32.6 Å². The highest BCUT2D eigenvalue weighted by atomic mass is 35.5. The van der Waals surface area contributed by atoms with Gasteiger partial charge >= 0.3 is 5.97 Å². The molecule has 11 nitrogen and oxygen atoms in total. The van der Waals surface area contributed by atoms with Crippen molar-refractivity contribution in [3.05, 3.63) is 91.8 Å². The number of methoxy groups -OCH3 is 1. The molecule has 2 amide bonds. The minimum Gasteiger partial charge on any atom is -0.465 e. The number of aromatic nitrogens is 3. The van der Waals surface area contributed by atoms with Crippen LogP contribution < -0.4 is 16.4 Å². The summed E-state index contributed by atoms with van der Waals surface area (Å²) in [5.74, 6) is 5.87. The van der Waals surface area contributed by atoms with Crippen LogP contribution in [0.3, 0.4) is 0 Å². The van der Waals surface area contributed by atoms with Crippen molar-refractivity contribution in [2.75, 3.05) is 25.5 Å². The number of ether oxygens (including phenoxy) is 1. The van der Waals surface area contributed by atoms with Crippen molar-refractivity contribution in [1.82, 2.24) is 20.1 Å². The number of carbonyl (C=O) groups excluding carboxylic acids is 3. The Bertz CT molecular complexity index is 1940. The first-order chi connectivity index (χ1) is 22.6. The van der Waals surface area contributed by atoms with E-state index in [2.05, 4.69) is 46.5 Å². The summed E-state index contributed by atoms with van der Waals surface area (Å²) in [5.41, 5.74) is 10.3. The first-order valence-corrected chi connectivity index (χ1v) is 16.1. The molecule has 4 N–H and O–H groups in total. The molecule has 47 heavy (non-hydrogen) atoms. The normalized spacial score (nSPS) is 13.3. The number of anilines is 1. The predicted octanol–water partition coefficient (Wildman–Crippen LogP) is 4.82. The van der Waals surface area contributed by atoms with Gasteiger partial charge in [-0.25, -0.2) is 4.79 Å². The minimum atomic E-state index is -0.627. The van der Waals surface area contributed by atoms with Gasteiger partial charge in [0.15, 0.2) is 5.82 Å². The maximum absolute atomic E-state index is 13.2. The monoisotopic (exact) mass is 671 g/mol. The van der Waals surface area contributed by atoms with Gasteiger partial charge in [-0.3, -0.25) is 19.1 Å². The molecule has 0 fully saturated rings. The Morgan fingerprint density at radius 1 is 1.09 bits per heavy atom. The van der Waals surface area contributed by atoms with Gasteiger partial charge in [0.1, 0.15) is 16.9 Å². The van der Waals surface area contributed by atoms with Crippen molar-refractivity contribution in [3.63, 3.8) is 0 Å². The number of thiophene rings is 1. The van der Waals surface area contributed by atoms with Crippen molar-refractivity contribution >= 4 is 52.1 Å². The number of carbonyl (C=O) groups is 3. The fourth-order valence-electron chi connectivity index (χ4n) is 5.16. The Morgan fingerprint density at radius 3 is 2.57 bits per heavy atom. The van der Waals surface area contributed by atoms with Gasteiger partial charge in [0.05, 0.1) is 24.8 Å². The van der Waals surface area contributed by atoms with Crippen molar-refractivity contribution < 1.29 is 19.1 Å². The van der Waals surface area contributed by atoms with Crippen LogP contribution >= 0.6 is 22.9 Å². The summed E-state index contributed by atoms with van der Waals surface area (Å²) in [5, 5.41) is 15.9. The van der Waals surface area contributed by atoms with Gasteiger partial charge in [-0.1, -0.05) is 35.6 Å². The quantitative estimate of drug-likeness (QED) is 0.170. The van der Waals surface area contributed by atoms with E-state index in [0.717, 1.165) is 32.3 Å². The summed E-state index contributed by atoms with van der Waals surface area (Å²) < 4.78 is 6.86. The second-order valence-electron chi connectivity index (χ2n) is 10.8. The number of halogens is 1. The lowest BCUT2D eigenvalue weighted by atomic mass is 9.99. The van der Waals surface area contributed by atoms with Gasteiger partial charge < -0.3 is 21.1 Å². The van der Waals surface area contributed by atoms with Crippen molar-refractivity contribution in [3.8, 4) is 16.8 Å². The summed E-state index contributed by atoms with van der Waals surface area (Å²) >= 11 is 7.83. The Morgan fingerprint density at radius 2 is 1.85 bits per heavy atom. The molecule has 242 valence electrons. The van der Waals surface area contributed by atoms with E-state index in [-0.39, 0.29) is 36.8 Å². The number of amides is 2. The number of fused-ring (bicyclic) bond motifs is 3. The van der Waals surface area contributed by atoms with E-state index in [1.165, 1.54) is 13.2 Å². The molecule has 0 saturated heterocycles. The molecule has 2 aromatic heterocycles. The van der Waals surface area contributed by atoms with Crippen molar-refractivity contribution in [2.45, 2.75) is 46.1 Å². The van der Waals surface area contributed by atoms with Gasteiger partial charge in [0.25, 0.3) is 0 Å². The number of aliphatic imine (C=N–C) groups is 1. The lowest BCUT2D eigenvalue weighted by molar-refractivity contribution is -0.121. The maximum Gasteiger partial charge on any atom is 0.339 e. The Labute approximate surface area is 281 Å². The molecule has 0 radical (unpaired) electrons. The fraction of sp³-hybridized carbons (Fsp3) is 0.294. The van der Waals surface area contributed by atoms with Gasteiger partial charge in [-0.2, -0.15) is 0 Å². The number of nitrogens with one attached hydrogen (secondary N) is 2. The molecule has 4 aromatic rings. The van der Waals surface area contributed by atoms with Crippen LogP contribution in [-0.4, -0.2) is 58.5 Å². The number of nitrogens with zero attached hydrogens (tertiary/aromatic N) is 4. The minimum absolute atomic E-state index is 0.00104. The third-order valence-electron chi connectivity index (χ3n) is 7.61. The molecule has 3 heterocycles. The van der Waals surface area contributed by atoms with Crippen LogP contribution in [0.25, 0.3) is 5.00 Å². The standard InChI is InChI=1S/C34H34ClN7O4S/c1-19-20(2)47-33-30(19)31(23-8-11-24(35)12-9-23)39-27(32-41-40-21(3)42(32)33)18-29(44)37-16-14-28(43)38-25-13-10-22(7-5-6-15-36)26(17-25)34(45)46-4/h8-13,17,27H,6,14-16,18,36H2,1-4H3,(H,37,44)(H,38,43)/t27-/m0/s1. The third kappa shape index (κ3) is 7.44. The molecule has 13 heteroatoms.